The summed E-state index contributed by atoms with van der Waals surface area (Å²) in [5, 5.41) is 10.1. The minimum Gasteiger partial charge on any atom is -0.468 e. The monoisotopic (exact) mass is 646 g/mol. The van der Waals surface area contributed by atoms with E-state index in [1.165, 1.54) is 120 Å². The number of rotatable bonds is 18. The molecule has 3 saturated carbocycles. The Bertz CT molecular complexity index is 1110. The van der Waals surface area contributed by atoms with Crippen molar-refractivity contribution >= 4 is 0 Å². The standard InChI is InChI=1S/C43H66O4/c1-3-5-8-12-34-14-18-36(19-15-34)38-22-24-40(25-23-38)42(47-44)32-43(30-10-7-11-31-43)46-33-45-41-28-26-39(27-29-41)37-20-16-35(17-21-37)13-9-6-4-2/h22-29,34-37,42,44H,3-21,30-33H2,1-2H3. The van der Waals surface area contributed by atoms with Gasteiger partial charge >= 0.3 is 0 Å². The van der Waals surface area contributed by atoms with Gasteiger partial charge in [-0.3, -0.25) is 5.26 Å². The number of hydrogen-bond acceptors (Lipinski definition) is 4. The highest BCUT2D eigenvalue weighted by molar-refractivity contribution is 5.30. The number of ether oxygens (including phenoxy) is 2. The largest absolute Gasteiger partial charge is 0.468 e. The number of hydrogen-bond donors (Lipinski definition) is 1. The Morgan fingerprint density at radius 2 is 1.17 bits per heavy atom. The van der Waals surface area contributed by atoms with Crippen molar-refractivity contribution in [2.75, 3.05) is 6.79 Å². The average Bonchev–Trinajstić information content (AvgIpc) is 3.12. The molecule has 0 amide bonds. The normalized spacial score (nSPS) is 25.3. The SMILES string of the molecule is CCCCCC1CCC(c2ccc(OCOC3(CC(OO)c4ccc(C5CCC(CCCCC)CC5)cc4)CCCCC3)cc2)CC1. The molecular formula is C43H66O4. The molecule has 0 bridgehead atoms. The van der Waals surface area contributed by atoms with Gasteiger partial charge in [0.25, 0.3) is 0 Å². The molecule has 5 rings (SSSR count). The summed E-state index contributed by atoms with van der Waals surface area (Å²) in [5.74, 6) is 4.08. The molecule has 47 heavy (non-hydrogen) atoms. The van der Waals surface area contributed by atoms with E-state index in [9.17, 15) is 5.26 Å². The Balaban J connectivity index is 1.09. The summed E-state index contributed by atoms with van der Waals surface area (Å²) < 4.78 is 12.7. The van der Waals surface area contributed by atoms with E-state index in [4.69, 9.17) is 14.4 Å². The lowest BCUT2D eigenvalue weighted by Crippen LogP contribution is -2.38. The van der Waals surface area contributed by atoms with Crippen molar-refractivity contribution in [1.82, 2.24) is 0 Å². The second kappa shape index (κ2) is 19.3. The van der Waals surface area contributed by atoms with E-state index in [1.54, 1.807) is 0 Å². The number of benzene rings is 2. The minimum absolute atomic E-state index is 0.223. The van der Waals surface area contributed by atoms with Crippen molar-refractivity contribution in [2.45, 2.75) is 179 Å². The highest BCUT2D eigenvalue weighted by Gasteiger charge is 2.37. The van der Waals surface area contributed by atoms with Gasteiger partial charge in [0.2, 0.25) is 0 Å². The topological polar surface area (TPSA) is 47.9 Å². The average molecular weight is 647 g/mol. The lowest BCUT2D eigenvalue weighted by molar-refractivity contribution is -0.295. The predicted molar refractivity (Wildman–Crippen MR) is 194 cm³/mol. The molecule has 262 valence electrons. The molecule has 2 aromatic rings. The molecular weight excluding hydrogens is 580 g/mol. The molecule has 4 nitrogen and oxygen atoms in total. The van der Waals surface area contributed by atoms with Crippen molar-refractivity contribution in [2.24, 2.45) is 11.8 Å². The van der Waals surface area contributed by atoms with Gasteiger partial charge in [-0.25, -0.2) is 4.89 Å². The quantitative estimate of drug-likeness (QED) is 0.0757. The van der Waals surface area contributed by atoms with E-state index in [2.05, 4.69) is 62.4 Å². The molecule has 0 heterocycles. The molecule has 1 atom stereocenters. The molecule has 2 aromatic carbocycles. The highest BCUT2D eigenvalue weighted by Crippen LogP contribution is 2.42. The summed E-state index contributed by atoms with van der Waals surface area (Å²) in [6.45, 7) is 4.82. The smallest absolute Gasteiger partial charge is 0.189 e. The van der Waals surface area contributed by atoms with Gasteiger partial charge in [-0.15, -0.1) is 0 Å². The van der Waals surface area contributed by atoms with Crippen molar-refractivity contribution in [3.05, 3.63) is 65.2 Å². The van der Waals surface area contributed by atoms with E-state index < -0.39 is 6.10 Å². The second-order valence-corrected chi connectivity index (χ2v) is 15.6. The Labute approximate surface area is 287 Å². The summed E-state index contributed by atoms with van der Waals surface area (Å²) in [4.78, 5) is 5.16. The van der Waals surface area contributed by atoms with Crippen molar-refractivity contribution < 1.29 is 19.6 Å². The van der Waals surface area contributed by atoms with Crippen molar-refractivity contribution in [3.8, 4) is 5.75 Å². The molecule has 0 radical (unpaired) electrons. The predicted octanol–water partition coefficient (Wildman–Crippen LogP) is 13.1. The lowest BCUT2D eigenvalue weighted by Gasteiger charge is -2.39. The molecule has 0 aromatic heterocycles. The molecule has 1 N–H and O–H groups in total. The van der Waals surface area contributed by atoms with Crippen LogP contribution in [-0.4, -0.2) is 17.7 Å². The Kier molecular flexibility index (Phi) is 15.0. The van der Waals surface area contributed by atoms with Crippen LogP contribution in [-0.2, 0) is 9.62 Å². The zero-order chi connectivity index (χ0) is 32.7. The maximum atomic E-state index is 10.1. The first-order valence-corrected chi connectivity index (χ1v) is 19.9. The third-order valence-electron chi connectivity index (χ3n) is 12.3. The third-order valence-corrected chi connectivity index (χ3v) is 12.3. The van der Waals surface area contributed by atoms with E-state index in [1.807, 2.05) is 0 Å². The van der Waals surface area contributed by atoms with Gasteiger partial charge in [0.15, 0.2) is 6.79 Å². The first-order valence-electron chi connectivity index (χ1n) is 19.9. The van der Waals surface area contributed by atoms with Gasteiger partial charge in [0.1, 0.15) is 11.9 Å². The van der Waals surface area contributed by atoms with E-state index in [0.29, 0.717) is 18.3 Å². The van der Waals surface area contributed by atoms with Crippen LogP contribution in [0.25, 0.3) is 0 Å². The summed E-state index contributed by atoms with van der Waals surface area (Å²) in [6.07, 6.45) is 27.4. The summed E-state index contributed by atoms with van der Waals surface area (Å²) >= 11 is 0. The van der Waals surface area contributed by atoms with Crippen LogP contribution in [0.3, 0.4) is 0 Å². The maximum Gasteiger partial charge on any atom is 0.189 e. The van der Waals surface area contributed by atoms with Crippen LogP contribution in [0.15, 0.2) is 48.5 Å². The van der Waals surface area contributed by atoms with Crippen molar-refractivity contribution in [1.29, 1.82) is 0 Å². The summed E-state index contributed by atoms with van der Waals surface area (Å²) in [6, 6.07) is 17.7. The fourth-order valence-corrected chi connectivity index (χ4v) is 9.13. The molecule has 0 spiro atoms. The minimum atomic E-state index is -0.405. The third kappa shape index (κ3) is 11.1. The molecule has 3 aliphatic rings. The van der Waals surface area contributed by atoms with Crippen LogP contribution in [0.5, 0.6) is 5.75 Å². The fourth-order valence-electron chi connectivity index (χ4n) is 9.13. The molecule has 0 aliphatic heterocycles. The van der Waals surface area contributed by atoms with Gasteiger partial charge in [-0.1, -0.05) is 121 Å². The van der Waals surface area contributed by atoms with Crippen LogP contribution < -0.4 is 4.74 Å². The van der Waals surface area contributed by atoms with Crippen LogP contribution in [0.2, 0.25) is 0 Å². The second-order valence-electron chi connectivity index (χ2n) is 15.6. The van der Waals surface area contributed by atoms with Gasteiger partial charge in [-0.05, 0) is 117 Å². The Morgan fingerprint density at radius 3 is 1.66 bits per heavy atom. The molecule has 4 heteroatoms. The van der Waals surface area contributed by atoms with Gasteiger partial charge in [0.05, 0.1) is 5.60 Å². The first kappa shape index (κ1) is 36.4. The first-order chi connectivity index (χ1) is 23.1. The Morgan fingerprint density at radius 1 is 0.660 bits per heavy atom. The maximum absolute atomic E-state index is 10.1. The molecule has 3 aliphatic carbocycles. The lowest BCUT2D eigenvalue weighted by atomic mass is 9.76. The molecule has 3 fully saturated rings. The number of unbranched alkanes of at least 4 members (excludes halogenated alkanes) is 4. The summed E-state index contributed by atoms with van der Waals surface area (Å²) in [7, 11) is 0. The van der Waals surface area contributed by atoms with Gasteiger partial charge in [-0.2, -0.15) is 0 Å². The Hall–Kier alpha value is -1.88. The molecule has 0 saturated heterocycles. The van der Waals surface area contributed by atoms with Gasteiger partial charge in [0, 0.05) is 6.42 Å². The van der Waals surface area contributed by atoms with E-state index in [0.717, 1.165) is 48.8 Å². The van der Waals surface area contributed by atoms with E-state index in [-0.39, 0.29) is 12.4 Å². The summed E-state index contributed by atoms with van der Waals surface area (Å²) in [5.41, 5.74) is 3.58. The zero-order valence-electron chi connectivity index (χ0n) is 29.9. The fraction of sp³-hybridized carbons (Fsp3) is 0.721. The van der Waals surface area contributed by atoms with Crippen LogP contribution in [0.4, 0.5) is 0 Å². The van der Waals surface area contributed by atoms with Crippen LogP contribution in [0.1, 0.15) is 190 Å². The van der Waals surface area contributed by atoms with Gasteiger partial charge < -0.3 is 9.47 Å². The highest BCUT2D eigenvalue weighted by atomic mass is 17.1. The molecule has 1 unspecified atom stereocenters. The van der Waals surface area contributed by atoms with Crippen molar-refractivity contribution in [3.63, 3.8) is 0 Å². The van der Waals surface area contributed by atoms with Crippen LogP contribution in [0, 0.1) is 11.8 Å². The zero-order valence-corrected chi connectivity index (χ0v) is 29.9. The van der Waals surface area contributed by atoms with E-state index >= 15 is 0 Å². The van der Waals surface area contributed by atoms with Crippen LogP contribution >= 0.6 is 0 Å².